The molecule has 31 heavy (non-hydrogen) atoms. The zero-order valence-electron chi connectivity index (χ0n) is 17.0. The molecule has 2 aromatic carbocycles. The molecule has 0 spiro atoms. The Morgan fingerprint density at radius 1 is 1.13 bits per heavy atom. The average Bonchev–Trinajstić information content (AvgIpc) is 3.19. The molecule has 0 aliphatic carbocycles. The number of nitrogens with zero attached hydrogens (tertiary/aromatic N) is 3. The van der Waals surface area contributed by atoms with Gasteiger partial charge in [-0.1, -0.05) is 25.1 Å². The van der Waals surface area contributed by atoms with E-state index in [2.05, 4.69) is 5.10 Å². The van der Waals surface area contributed by atoms with E-state index in [1.165, 1.54) is 16.8 Å². The van der Waals surface area contributed by atoms with Crippen molar-refractivity contribution in [3.05, 3.63) is 69.4 Å². The van der Waals surface area contributed by atoms with E-state index in [9.17, 15) is 24.8 Å². The van der Waals surface area contributed by atoms with Crippen LogP contribution in [0.2, 0.25) is 0 Å². The molecule has 0 saturated heterocycles. The minimum Gasteiger partial charge on any atom is -0.502 e. The van der Waals surface area contributed by atoms with Gasteiger partial charge in [-0.3, -0.25) is 10.1 Å². The summed E-state index contributed by atoms with van der Waals surface area (Å²) in [4.78, 5) is 36.0. The van der Waals surface area contributed by atoms with Crippen LogP contribution in [0, 0.1) is 10.1 Å². The largest absolute Gasteiger partial charge is 0.502 e. The monoisotopic (exact) mass is 425 g/mol. The first-order valence-corrected chi connectivity index (χ1v) is 9.19. The molecule has 160 valence electrons. The summed E-state index contributed by atoms with van der Waals surface area (Å²) in [5.74, 6) is -2.47. The number of carbonyl (C=O) groups excluding carboxylic acids is 2. The smallest absolute Gasteiger partial charge is 0.357 e. The number of hydrogen-bond acceptors (Lipinski definition) is 8. The van der Waals surface area contributed by atoms with Crippen molar-refractivity contribution in [2.75, 3.05) is 14.2 Å². The van der Waals surface area contributed by atoms with E-state index in [4.69, 9.17) is 9.47 Å². The second kappa shape index (κ2) is 8.66. The maximum absolute atomic E-state index is 12.7. The van der Waals surface area contributed by atoms with Crippen molar-refractivity contribution in [1.29, 1.82) is 0 Å². The van der Waals surface area contributed by atoms with E-state index in [1.54, 1.807) is 37.3 Å². The van der Waals surface area contributed by atoms with Gasteiger partial charge in [0.2, 0.25) is 5.75 Å². The van der Waals surface area contributed by atoms with E-state index in [-0.39, 0.29) is 22.5 Å². The zero-order chi connectivity index (χ0) is 22.7. The highest BCUT2D eigenvalue weighted by Crippen LogP contribution is 2.40. The van der Waals surface area contributed by atoms with Gasteiger partial charge in [0.05, 0.1) is 30.4 Å². The van der Waals surface area contributed by atoms with Gasteiger partial charge in [-0.15, -0.1) is 0 Å². The first-order chi connectivity index (χ1) is 14.8. The number of rotatable bonds is 6. The average molecular weight is 425 g/mol. The molecule has 0 amide bonds. The summed E-state index contributed by atoms with van der Waals surface area (Å²) in [5.41, 5.74) is -0.322. The number of para-hydroxylation sites is 1. The van der Waals surface area contributed by atoms with Crippen LogP contribution in [0.5, 0.6) is 5.75 Å². The van der Waals surface area contributed by atoms with Gasteiger partial charge in [0.15, 0.2) is 5.69 Å². The SMILES string of the molecule is CCc1cc(-c2nn(-c3ccccc3)c(C(=O)OC)c2C(=O)OC)c(O)c([N+](=O)[O-])c1. The third-order valence-corrected chi connectivity index (χ3v) is 4.66. The van der Waals surface area contributed by atoms with Crippen LogP contribution in [0.25, 0.3) is 16.9 Å². The number of ether oxygens (including phenoxy) is 2. The summed E-state index contributed by atoms with van der Waals surface area (Å²) in [6, 6.07) is 11.2. The summed E-state index contributed by atoms with van der Waals surface area (Å²) < 4.78 is 10.9. The summed E-state index contributed by atoms with van der Waals surface area (Å²) in [7, 11) is 2.27. The molecule has 0 aliphatic heterocycles. The molecule has 0 atom stereocenters. The van der Waals surface area contributed by atoms with Crippen LogP contribution in [0.1, 0.15) is 33.3 Å². The molecule has 0 radical (unpaired) electrons. The number of benzene rings is 2. The summed E-state index contributed by atoms with van der Waals surface area (Å²) in [5, 5.41) is 26.4. The number of aryl methyl sites for hydroxylation is 1. The standard InChI is InChI=1S/C21H19N3O7/c1-4-12-10-14(19(25)15(11-12)24(28)29)17-16(20(26)30-2)18(21(27)31-3)23(22-17)13-8-6-5-7-9-13/h5-11,25H,4H2,1-3H3. The van der Waals surface area contributed by atoms with Crippen LogP contribution in [0.4, 0.5) is 5.69 Å². The van der Waals surface area contributed by atoms with Crippen molar-refractivity contribution >= 4 is 17.6 Å². The quantitative estimate of drug-likeness (QED) is 0.361. The van der Waals surface area contributed by atoms with Gasteiger partial charge in [-0.2, -0.15) is 5.10 Å². The summed E-state index contributed by atoms with van der Waals surface area (Å²) in [6.07, 6.45) is 0.422. The topological polar surface area (TPSA) is 134 Å². The van der Waals surface area contributed by atoms with E-state index in [0.29, 0.717) is 17.7 Å². The number of phenols is 1. The van der Waals surface area contributed by atoms with Crippen LogP contribution in [0.3, 0.4) is 0 Å². The Labute approximate surface area is 176 Å². The lowest BCUT2D eigenvalue weighted by Gasteiger charge is -2.08. The number of phenolic OH excluding ortho intramolecular Hbond substituents is 1. The summed E-state index contributed by atoms with van der Waals surface area (Å²) in [6.45, 7) is 1.78. The van der Waals surface area contributed by atoms with Gasteiger partial charge in [0.1, 0.15) is 11.3 Å². The Morgan fingerprint density at radius 2 is 1.77 bits per heavy atom. The molecule has 0 fully saturated rings. The molecule has 10 nitrogen and oxygen atoms in total. The number of nitro benzene ring substituents is 1. The van der Waals surface area contributed by atoms with Crippen molar-refractivity contribution in [2.45, 2.75) is 13.3 Å². The van der Waals surface area contributed by atoms with Crippen molar-refractivity contribution in [3.8, 4) is 22.7 Å². The van der Waals surface area contributed by atoms with E-state index in [0.717, 1.165) is 14.2 Å². The molecule has 3 aromatic rings. The highest BCUT2D eigenvalue weighted by molar-refractivity contribution is 6.07. The number of aromatic hydroxyl groups is 1. The lowest BCUT2D eigenvalue weighted by atomic mass is 10.00. The predicted molar refractivity (Wildman–Crippen MR) is 109 cm³/mol. The molecule has 10 heteroatoms. The van der Waals surface area contributed by atoms with Gasteiger partial charge in [-0.25, -0.2) is 14.3 Å². The van der Waals surface area contributed by atoms with Crippen LogP contribution >= 0.6 is 0 Å². The number of methoxy groups -OCH3 is 2. The molecular weight excluding hydrogens is 406 g/mol. The van der Waals surface area contributed by atoms with Crippen molar-refractivity contribution < 1.29 is 29.1 Å². The fourth-order valence-electron chi connectivity index (χ4n) is 3.14. The van der Waals surface area contributed by atoms with Gasteiger partial charge >= 0.3 is 17.6 Å². The predicted octanol–water partition coefficient (Wildman–Crippen LogP) is 3.29. The molecular formula is C21H19N3O7. The number of nitro groups is 1. The molecule has 0 aliphatic rings. The molecule has 0 unspecified atom stereocenters. The van der Waals surface area contributed by atoms with Gasteiger partial charge < -0.3 is 14.6 Å². The third-order valence-electron chi connectivity index (χ3n) is 4.66. The fourth-order valence-corrected chi connectivity index (χ4v) is 3.14. The number of aromatic nitrogens is 2. The molecule has 0 bridgehead atoms. The van der Waals surface area contributed by atoms with Crippen molar-refractivity contribution in [2.24, 2.45) is 0 Å². The van der Waals surface area contributed by atoms with Crippen LogP contribution in [0.15, 0.2) is 42.5 Å². The Morgan fingerprint density at radius 3 is 2.32 bits per heavy atom. The highest BCUT2D eigenvalue weighted by atomic mass is 16.6. The van der Waals surface area contributed by atoms with Crippen LogP contribution in [-0.2, 0) is 15.9 Å². The number of esters is 2. The lowest BCUT2D eigenvalue weighted by Crippen LogP contribution is -2.15. The minimum atomic E-state index is -0.915. The molecule has 1 N–H and O–H groups in total. The summed E-state index contributed by atoms with van der Waals surface area (Å²) >= 11 is 0. The Hall–Kier alpha value is -4.21. The maximum atomic E-state index is 12.7. The first kappa shape index (κ1) is 21.5. The molecule has 1 aromatic heterocycles. The Balaban J connectivity index is 2.45. The van der Waals surface area contributed by atoms with E-state index >= 15 is 0 Å². The van der Waals surface area contributed by atoms with Crippen LogP contribution < -0.4 is 0 Å². The van der Waals surface area contributed by atoms with Crippen molar-refractivity contribution in [3.63, 3.8) is 0 Å². The van der Waals surface area contributed by atoms with E-state index < -0.39 is 28.3 Å². The normalized spacial score (nSPS) is 10.5. The second-order valence-electron chi connectivity index (χ2n) is 6.42. The minimum absolute atomic E-state index is 0.0775. The molecule has 3 rings (SSSR count). The van der Waals surface area contributed by atoms with Gasteiger partial charge in [0, 0.05) is 6.07 Å². The third kappa shape index (κ3) is 3.82. The molecule has 1 heterocycles. The Bertz CT molecular complexity index is 1170. The Kier molecular flexibility index (Phi) is 6.00. The molecule has 0 saturated carbocycles. The fraction of sp³-hybridized carbons (Fsp3) is 0.190. The van der Waals surface area contributed by atoms with Gasteiger partial charge in [0.25, 0.3) is 0 Å². The first-order valence-electron chi connectivity index (χ1n) is 9.19. The zero-order valence-corrected chi connectivity index (χ0v) is 17.0. The highest BCUT2D eigenvalue weighted by Gasteiger charge is 2.34. The number of hydrogen-bond donors (Lipinski definition) is 1. The lowest BCUT2D eigenvalue weighted by molar-refractivity contribution is -0.385. The van der Waals surface area contributed by atoms with Crippen molar-refractivity contribution in [1.82, 2.24) is 9.78 Å². The maximum Gasteiger partial charge on any atom is 0.357 e. The van der Waals surface area contributed by atoms with Crippen LogP contribution in [-0.4, -0.2) is 46.0 Å². The van der Waals surface area contributed by atoms with E-state index in [1.807, 2.05) is 0 Å². The number of carbonyl (C=O) groups is 2. The second-order valence-corrected chi connectivity index (χ2v) is 6.42. The van der Waals surface area contributed by atoms with Gasteiger partial charge in [-0.05, 0) is 30.2 Å².